The van der Waals surface area contributed by atoms with E-state index in [1.165, 1.54) is 0 Å². The number of nitrogens with zero attached hydrogens (tertiary/aromatic N) is 1. The van der Waals surface area contributed by atoms with Gasteiger partial charge in [0.15, 0.2) is 5.70 Å². The minimum Gasteiger partial charge on any atom is -0.402 e. The largest absolute Gasteiger partial charge is 0.402 e. The molecule has 0 radical (unpaired) electrons. The molecule has 0 aliphatic carbocycles. The van der Waals surface area contributed by atoms with Crippen LogP contribution in [0.5, 0.6) is 0 Å². The topological polar surface area (TPSA) is 38.7 Å². The standard InChI is InChI=1S/C16H9Cl2NO2/c17-12-6-4-11(5-7-12)15-19-14(16(20)21-15)9-10-2-1-3-13(18)8-10/h1-9H/b14-9-. The number of carbonyl (C=O) groups is 1. The summed E-state index contributed by atoms with van der Waals surface area (Å²) >= 11 is 11.7. The fraction of sp³-hybridized carbons (Fsp3) is 0. The Bertz CT molecular complexity index is 764. The molecule has 0 bridgehead atoms. The summed E-state index contributed by atoms with van der Waals surface area (Å²) in [5.74, 6) is -0.218. The lowest BCUT2D eigenvalue weighted by molar-refractivity contribution is -0.129. The van der Waals surface area contributed by atoms with Gasteiger partial charge in [-0.15, -0.1) is 0 Å². The van der Waals surface area contributed by atoms with E-state index >= 15 is 0 Å². The smallest absolute Gasteiger partial charge is 0.363 e. The molecule has 1 aliphatic rings. The second-order valence-electron chi connectivity index (χ2n) is 4.40. The van der Waals surface area contributed by atoms with Crippen molar-refractivity contribution in [3.63, 3.8) is 0 Å². The highest BCUT2D eigenvalue weighted by molar-refractivity contribution is 6.31. The lowest BCUT2D eigenvalue weighted by atomic mass is 10.2. The molecule has 0 fully saturated rings. The SMILES string of the molecule is O=C1OC(c2ccc(Cl)cc2)=N/C1=C\c1cccc(Cl)c1. The quantitative estimate of drug-likeness (QED) is 0.610. The van der Waals surface area contributed by atoms with Crippen molar-refractivity contribution in [1.29, 1.82) is 0 Å². The molecule has 3 nitrogen and oxygen atoms in total. The van der Waals surface area contributed by atoms with Gasteiger partial charge in [0.2, 0.25) is 5.90 Å². The Kier molecular flexibility index (Phi) is 3.78. The van der Waals surface area contributed by atoms with Crippen LogP contribution >= 0.6 is 23.2 Å². The maximum Gasteiger partial charge on any atom is 0.363 e. The van der Waals surface area contributed by atoms with Gasteiger partial charge in [0.25, 0.3) is 0 Å². The van der Waals surface area contributed by atoms with Gasteiger partial charge in [-0.05, 0) is 48.0 Å². The first-order valence-electron chi connectivity index (χ1n) is 6.16. The zero-order valence-electron chi connectivity index (χ0n) is 10.7. The predicted octanol–water partition coefficient (Wildman–Crippen LogP) is 4.34. The van der Waals surface area contributed by atoms with Crippen LogP contribution in [0.3, 0.4) is 0 Å². The highest BCUT2D eigenvalue weighted by Gasteiger charge is 2.23. The van der Waals surface area contributed by atoms with Gasteiger partial charge in [0.05, 0.1) is 0 Å². The number of hydrogen-bond donors (Lipinski definition) is 0. The minimum absolute atomic E-state index is 0.238. The van der Waals surface area contributed by atoms with Crippen LogP contribution in [0.25, 0.3) is 6.08 Å². The molecule has 0 amide bonds. The maximum absolute atomic E-state index is 11.9. The number of aliphatic imine (C=N–C) groups is 1. The summed E-state index contributed by atoms with van der Waals surface area (Å²) in [6.45, 7) is 0. The molecule has 3 rings (SSSR count). The van der Waals surface area contributed by atoms with Gasteiger partial charge in [0.1, 0.15) is 0 Å². The van der Waals surface area contributed by atoms with E-state index in [1.807, 2.05) is 6.07 Å². The fourth-order valence-corrected chi connectivity index (χ4v) is 2.20. The average Bonchev–Trinajstić information content (AvgIpc) is 2.81. The number of esters is 1. The Labute approximate surface area is 131 Å². The predicted molar refractivity (Wildman–Crippen MR) is 83.5 cm³/mol. The molecule has 104 valence electrons. The van der Waals surface area contributed by atoms with E-state index in [-0.39, 0.29) is 11.6 Å². The van der Waals surface area contributed by atoms with Crippen molar-refractivity contribution in [1.82, 2.24) is 0 Å². The monoisotopic (exact) mass is 317 g/mol. The number of cyclic esters (lactones) is 1. The first kappa shape index (κ1) is 13.9. The fourth-order valence-electron chi connectivity index (χ4n) is 1.88. The van der Waals surface area contributed by atoms with E-state index in [0.717, 1.165) is 5.56 Å². The molecule has 0 aromatic heterocycles. The summed E-state index contributed by atoms with van der Waals surface area (Å²) in [5.41, 5.74) is 1.72. The number of carbonyl (C=O) groups excluding carboxylic acids is 1. The number of ether oxygens (including phenoxy) is 1. The molecule has 0 saturated heterocycles. The molecule has 2 aromatic rings. The minimum atomic E-state index is -0.486. The van der Waals surface area contributed by atoms with Crippen LogP contribution in [0, 0.1) is 0 Å². The molecule has 0 saturated carbocycles. The van der Waals surface area contributed by atoms with Gasteiger partial charge in [-0.25, -0.2) is 9.79 Å². The third kappa shape index (κ3) is 3.15. The summed E-state index contributed by atoms with van der Waals surface area (Å²) in [5, 5.41) is 1.20. The second kappa shape index (κ2) is 5.72. The van der Waals surface area contributed by atoms with Crippen LogP contribution in [0.4, 0.5) is 0 Å². The van der Waals surface area contributed by atoms with Crippen LogP contribution in [-0.2, 0) is 9.53 Å². The van der Waals surface area contributed by atoms with Gasteiger partial charge >= 0.3 is 5.97 Å². The Hall–Kier alpha value is -2.10. The molecule has 1 aliphatic heterocycles. The zero-order chi connectivity index (χ0) is 14.8. The lowest BCUT2D eigenvalue weighted by Gasteiger charge is -1.98. The number of benzene rings is 2. The first-order valence-corrected chi connectivity index (χ1v) is 6.91. The number of rotatable bonds is 2. The van der Waals surface area contributed by atoms with Crippen molar-refractivity contribution < 1.29 is 9.53 Å². The molecule has 0 unspecified atom stereocenters. The Morgan fingerprint density at radius 1 is 1.00 bits per heavy atom. The van der Waals surface area contributed by atoms with E-state index in [0.29, 0.717) is 15.6 Å². The second-order valence-corrected chi connectivity index (χ2v) is 5.27. The molecule has 0 spiro atoms. The Morgan fingerprint density at radius 3 is 2.48 bits per heavy atom. The maximum atomic E-state index is 11.9. The van der Waals surface area contributed by atoms with E-state index in [9.17, 15) is 4.79 Å². The van der Waals surface area contributed by atoms with Crippen LogP contribution in [0.2, 0.25) is 10.0 Å². The first-order chi connectivity index (χ1) is 10.1. The van der Waals surface area contributed by atoms with Crippen molar-refractivity contribution in [2.75, 3.05) is 0 Å². The summed E-state index contributed by atoms with van der Waals surface area (Å²) in [6.07, 6.45) is 1.64. The Balaban J connectivity index is 1.93. The molecular weight excluding hydrogens is 309 g/mol. The van der Waals surface area contributed by atoms with Gasteiger partial charge in [0, 0.05) is 15.6 Å². The molecule has 0 atom stereocenters. The van der Waals surface area contributed by atoms with Crippen molar-refractivity contribution in [3.05, 3.63) is 75.4 Å². The molecule has 21 heavy (non-hydrogen) atoms. The van der Waals surface area contributed by atoms with Crippen molar-refractivity contribution in [3.8, 4) is 0 Å². The lowest BCUT2D eigenvalue weighted by Crippen LogP contribution is -2.05. The summed E-state index contributed by atoms with van der Waals surface area (Å²) in [7, 11) is 0. The Morgan fingerprint density at radius 2 is 1.76 bits per heavy atom. The normalized spacial score (nSPS) is 16.0. The van der Waals surface area contributed by atoms with Crippen molar-refractivity contribution in [2.45, 2.75) is 0 Å². The van der Waals surface area contributed by atoms with E-state index in [4.69, 9.17) is 27.9 Å². The van der Waals surface area contributed by atoms with Crippen molar-refractivity contribution in [2.24, 2.45) is 4.99 Å². The molecular formula is C16H9Cl2NO2. The number of hydrogen-bond acceptors (Lipinski definition) is 3. The van der Waals surface area contributed by atoms with E-state index in [2.05, 4.69) is 4.99 Å². The van der Waals surface area contributed by atoms with Crippen LogP contribution < -0.4 is 0 Å². The highest BCUT2D eigenvalue weighted by atomic mass is 35.5. The summed E-state index contributed by atoms with van der Waals surface area (Å²) in [4.78, 5) is 16.1. The third-order valence-corrected chi connectivity index (χ3v) is 3.35. The van der Waals surface area contributed by atoms with Gasteiger partial charge in [-0.2, -0.15) is 0 Å². The van der Waals surface area contributed by atoms with Crippen molar-refractivity contribution >= 4 is 41.1 Å². The van der Waals surface area contributed by atoms with Crippen LogP contribution in [0.15, 0.2) is 59.2 Å². The van der Waals surface area contributed by atoms with E-state index < -0.39 is 5.97 Å². The number of halogens is 2. The van der Waals surface area contributed by atoms with E-state index in [1.54, 1.807) is 48.5 Å². The van der Waals surface area contributed by atoms with Gasteiger partial charge in [-0.1, -0.05) is 35.3 Å². The molecule has 5 heteroatoms. The van der Waals surface area contributed by atoms with Gasteiger partial charge < -0.3 is 4.74 Å². The van der Waals surface area contributed by atoms with Crippen LogP contribution in [0.1, 0.15) is 11.1 Å². The highest BCUT2D eigenvalue weighted by Crippen LogP contribution is 2.21. The van der Waals surface area contributed by atoms with Gasteiger partial charge in [-0.3, -0.25) is 0 Å². The zero-order valence-corrected chi connectivity index (χ0v) is 12.2. The molecule has 1 heterocycles. The third-order valence-electron chi connectivity index (χ3n) is 2.86. The summed E-state index contributed by atoms with van der Waals surface area (Å²) < 4.78 is 5.17. The van der Waals surface area contributed by atoms with Crippen LogP contribution in [-0.4, -0.2) is 11.9 Å². The summed E-state index contributed by atoms with van der Waals surface area (Å²) in [6, 6.07) is 14.1. The molecule has 2 aromatic carbocycles. The molecule has 0 N–H and O–H groups in total. The average molecular weight is 318 g/mol.